The van der Waals surface area contributed by atoms with E-state index in [1.54, 1.807) is 12.1 Å². The van der Waals surface area contributed by atoms with E-state index in [9.17, 15) is 13.2 Å². The van der Waals surface area contributed by atoms with Crippen molar-refractivity contribution in [3.8, 4) is 0 Å². The third-order valence-electron chi connectivity index (χ3n) is 6.51. The van der Waals surface area contributed by atoms with Crippen LogP contribution in [0.2, 0.25) is 0 Å². The number of rotatable bonds is 6. The standard InChI is InChI=1S/C23H27N3O4S/c27-23-20-5-2-1-4-19(20)22-18-7-6-17(14-16(18)15-21(22)25-23)31(28,29)24-8-3-9-26-10-12-30-13-11-26/h1-2,4-7,14,21-22,24H,3,8-13,15H2,(H,25,27). The molecule has 0 spiro atoms. The average molecular weight is 442 g/mol. The summed E-state index contributed by atoms with van der Waals surface area (Å²) in [5.74, 6) is 0.0153. The first-order valence-electron chi connectivity index (χ1n) is 10.9. The number of ether oxygens (including phenoxy) is 1. The predicted octanol–water partition coefficient (Wildman–Crippen LogP) is 1.49. The van der Waals surface area contributed by atoms with Crippen LogP contribution >= 0.6 is 0 Å². The molecule has 5 rings (SSSR count). The Labute approximate surface area is 182 Å². The topological polar surface area (TPSA) is 87.7 Å². The highest BCUT2D eigenvalue weighted by Gasteiger charge is 2.40. The first kappa shape index (κ1) is 20.6. The summed E-state index contributed by atoms with van der Waals surface area (Å²) < 4.78 is 33.7. The number of hydrogen-bond acceptors (Lipinski definition) is 5. The highest BCUT2D eigenvalue weighted by molar-refractivity contribution is 7.89. The molecule has 2 aliphatic heterocycles. The van der Waals surface area contributed by atoms with Crippen molar-refractivity contribution in [3.63, 3.8) is 0 Å². The van der Waals surface area contributed by atoms with Gasteiger partial charge in [-0.15, -0.1) is 0 Å². The number of nitrogens with zero attached hydrogens (tertiary/aromatic N) is 1. The lowest BCUT2D eigenvalue weighted by Crippen LogP contribution is -2.43. The third-order valence-corrected chi connectivity index (χ3v) is 7.96. The van der Waals surface area contributed by atoms with Crippen LogP contribution in [0.1, 0.15) is 39.4 Å². The van der Waals surface area contributed by atoms with Gasteiger partial charge in [-0.25, -0.2) is 13.1 Å². The van der Waals surface area contributed by atoms with E-state index in [-0.39, 0.29) is 22.8 Å². The molecule has 7 nitrogen and oxygen atoms in total. The van der Waals surface area contributed by atoms with Gasteiger partial charge in [-0.2, -0.15) is 0 Å². The minimum Gasteiger partial charge on any atom is -0.379 e. The van der Waals surface area contributed by atoms with Gasteiger partial charge < -0.3 is 10.1 Å². The lowest BCUT2D eigenvalue weighted by molar-refractivity contribution is 0.0376. The van der Waals surface area contributed by atoms with Gasteiger partial charge >= 0.3 is 0 Å². The van der Waals surface area contributed by atoms with Crippen LogP contribution in [0.5, 0.6) is 0 Å². The third kappa shape index (κ3) is 4.01. The fraction of sp³-hybridized carbons (Fsp3) is 0.435. The zero-order valence-electron chi connectivity index (χ0n) is 17.3. The Morgan fingerprint density at radius 3 is 2.74 bits per heavy atom. The molecule has 2 atom stereocenters. The zero-order chi connectivity index (χ0) is 21.4. The number of sulfonamides is 1. The van der Waals surface area contributed by atoms with Gasteiger partial charge in [0, 0.05) is 37.2 Å². The number of amides is 1. The van der Waals surface area contributed by atoms with Crippen molar-refractivity contribution in [2.24, 2.45) is 0 Å². The van der Waals surface area contributed by atoms with Gasteiger partial charge in [0.05, 0.1) is 18.1 Å². The van der Waals surface area contributed by atoms with Crippen molar-refractivity contribution < 1.29 is 17.9 Å². The Bertz CT molecular complexity index is 1100. The smallest absolute Gasteiger partial charge is 0.251 e. The minimum atomic E-state index is -3.57. The molecule has 2 N–H and O–H groups in total. The van der Waals surface area contributed by atoms with Crippen LogP contribution in [0.25, 0.3) is 0 Å². The van der Waals surface area contributed by atoms with E-state index in [4.69, 9.17) is 4.74 Å². The Morgan fingerprint density at radius 1 is 1.10 bits per heavy atom. The maximum Gasteiger partial charge on any atom is 0.251 e. The highest BCUT2D eigenvalue weighted by atomic mass is 32.2. The normalized spacial score (nSPS) is 23.0. The summed E-state index contributed by atoms with van der Waals surface area (Å²) in [6.45, 7) is 4.56. The molecule has 2 heterocycles. The molecule has 164 valence electrons. The largest absolute Gasteiger partial charge is 0.379 e. The maximum absolute atomic E-state index is 12.8. The van der Waals surface area contributed by atoms with Crippen LogP contribution in [0.3, 0.4) is 0 Å². The van der Waals surface area contributed by atoms with Crippen LogP contribution in [0.15, 0.2) is 47.4 Å². The summed E-state index contributed by atoms with van der Waals surface area (Å²) in [5, 5.41) is 3.10. The van der Waals surface area contributed by atoms with Crippen molar-refractivity contribution in [1.82, 2.24) is 14.9 Å². The maximum atomic E-state index is 12.8. The second-order valence-corrected chi connectivity index (χ2v) is 10.2. The van der Waals surface area contributed by atoms with Crippen molar-refractivity contribution in [2.75, 3.05) is 39.4 Å². The number of nitrogens with one attached hydrogen (secondary N) is 2. The van der Waals surface area contributed by atoms with Crippen LogP contribution in [-0.4, -0.2) is 64.7 Å². The van der Waals surface area contributed by atoms with Gasteiger partial charge in [-0.05, 0) is 54.3 Å². The van der Waals surface area contributed by atoms with Crippen molar-refractivity contribution in [1.29, 1.82) is 0 Å². The summed E-state index contributed by atoms with van der Waals surface area (Å²) in [6, 6.07) is 13.0. The van der Waals surface area contributed by atoms with Crippen LogP contribution < -0.4 is 10.0 Å². The Morgan fingerprint density at radius 2 is 1.90 bits per heavy atom. The van der Waals surface area contributed by atoms with E-state index in [0.29, 0.717) is 18.5 Å². The summed E-state index contributed by atoms with van der Waals surface area (Å²) in [5.41, 5.74) is 3.81. The lowest BCUT2D eigenvalue weighted by Gasteiger charge is -2.29. The molecule has 2 aromatic carbocycles. The Kier molecular flexibility index (Phi) is 5.56. The molecule has 2 unspecified atom stereocenters. The number of benzene rings is 2. The second-order valence-electron chi connectivity index (χ2n) is 8.41. The van der Waals surface area contributed by atoms with Crippen LogP contribution in [0.4, 0.5) is 0 Å². The summed E-state index contributed by atoms with van der Waals surface area (Å²) in [4.78, 5) is 15.0. The fourth-order valence-corrected chi connectivity index (χ4v) is 6.08. The molecule has 31 heavy (non-hydrogen) atoms. The van der Waals surface area contributed by atoms with Gasteiger partial charge in [0.25, 0.3) is 5.91 Å². The molecule has 1 saturated heterocycles. The monoisotopic (exact) mass is 441 g/mol. The highest BCUT2D eigenvalue weighted by Crippen LogP contribution is 2.42. The van der Waals surface area contributed by atoms with Gasteiger partial charge in [-0.1, -0.05) is 24.3 Å². The molecule has 0 radical (unpaired) electrons. The Balaban J connectivity index is 1.29. The molecule has 1 amide bonds. The average Bonchev–Trinajstić information content (AvgIpc) is 3.15. The number of hydrogen-bond donors (Lipinski definition) is 2. The Hall–Kier alpha value is -2.26. The minimum absolute atomic E-state index is 0.0307. The number of morpholine rings is 1. The van der Waals surface area contributed by atoms with Crippen molar-refractivity contribution in [3.05, 3.63) is 64.7 Å². The number of fused-ring (bicyclic) bond motifs is 5. The molecule has 1 fully saturated rings. The van der Waals surface area contributed by atoms with E-state index >= 15 is 0 Å². The van der Waals surface area contributed by atoms with Gasteiger partial charge in [0.15, 0.2) is 0 Å². The fourth-order valence-electron chi connectivity index (χ4n) is 4.96. The quantitative estimate of drug-likeness (QED) is 0.664. The van der Waals surface area contributed by atoms with Crippen molar-refractivity contribution >= 4 is 15.9 Å². The SMILES string of the molecule is O=C1NC2Cc3cc(S(=O)(=O)NCCCN4CCOCC4)ccc3C2c2ccccc21. The molecule has 1 aliphatic carbocycles. The molecule has 8 heteroatoms. The predicted molar refractivity (Wildman–Crippen MR) is 117 cm³/mol. The van der Waals surface area contributed by atoms with E-state index in [0.717, 1.165) is 56.0 Å². The molecule has 0 saturated carbocycles. The summed E-state index contributed by atoms with van der Waals surface area (Å²) in [6.07, 6.45) is 1.40. The first-order valence-corrected chi connectivity index (χ1v) is 12.3. The number of carbonyl (C=O) groups excluding carboxylic acids is 1. The van der Waals surface area contributed by atoms with Gasteiger partial charge in [0.2, 0.25) is 10.0 Å². The summed E-state index contributed by atoms with van der Waals surface area (Å²) in [7, 11) is -3.57. The van der Waals surface area contributed by atoms with Gasteiger partial charge in [0.1, 0.15) is 0 Å². The van der Waals surface area contributed by atoms with E-state index in [2.05, 4.69) is 14.9 Å². The summed E-state index contributed by atoms with van der Waals surface area (Å²) >= 11 is 0. The molecular formula is C23H27N3O4S. The lowest BCUT2D eigenvalue weighted by atomic mass is 9.84. The molecule has 0 bridgehead atoms. The van der Waals surface area contributed by atoms with Crippen molar-refractivity contribution in [2.45, 2.75) is 29.7 Å². The van der Waals surface area contributed by atoms with E-state index < -0.39 is 10.0 Å². The molecule has 3 aliphatic rings. The van der Waals surface area contributed by atoms with E-state index in [1.807, 2.05) is 30.3 Å². The second kappa shape index (κ2) is 8.35. The number of carbonyl (C=O) groups is 1. The molecule has 0 aromatic heterocycles. The van der Waals surface area contributed by atoms with Gasteiger partial charge in [-0.3, -0.25) is 9.69 Å². The van der Waals surface area contributed by atoms with Crippen LogP contribution in [-0.2, 0) is 21.2 Å². The molecular weight excluding hydrogens is 414 g/mol. The molecule has 2 aromatic rings. The van der Waals surface area contributed by atoms with E-state index in [1.165, 1.54) is 0 Å². The van der Waals surface area contributed by atoms with Crippen LogP contribution in [0, 0.1) is 0 Å². The first-order chi connectivity index (χ1) is 15.0. The zero-order valence-corrected chi connectivity index (χ0v) is 18.2.